The van der Waals surface area contributed by atoms with Crippen molar-refractivity contribution in [2.75, 3.05) is 12.3 Å². The summed E-state index contributed by atoms with van der Waals surface area (Å²) in [7, 11) is 0. The number of hydrogen-bond donors (Lipinski definition) is 1. The van der Waals surface area contributed by atoms with Crippen molar-refractivity contribution in [3.05, 3.63) is 29.3 Å². The van der Waals surface area contributed by atoms with E-state index in [1.165, 1.54) is 30.5 Å². The zero-order valence-electron chi connectivity index (χ0n) is 11.2. The molecule has 2 N–H and O–H groups in total. The lowest BCUT2D eigenvalue weighted by molar-refractivity contribution is 0.122. The van der Waals surface area contributed by atoms with E-state index >= 15 is 0 Å². The molecule has 0 aliphatic carbocycles. The topological polar surface area (TPSA) is 29.3 Å². The number of nitrogens with zero attached hydrogens (tertiary/aromatic N) is 1. The van der Waals surface area contributed by atoms with Crippen molar-refractivity contribution in [3.8, 4) is 0 Å². The van der Waals surface area contributed by atoms with Gasteiger partial charge in [0.15, 0.2) is 0 Å². The Morgan fingerprint density at radius 2 is 2.12 bits per heavy atom. The molecule has 1 aliphatic rings. The van der Waals surface area contributed by atoms with Gasteiger partial charge in [-0.15, -0.1) is 0 Å². The first-order valence-electron chi connectivity index (χ1n) is 6.66. The molecule has 0 amide bonds. The van der Waals surface area contributed by atoms with Crippen LogP contribution in [0.2, 0.25) is 0 Å². The Morgan fingerprint density at radius 3 is 2.82 bits per heavy atom. The number of nitrogen functional groups attached to an aromatic ring is 1. The van der Waals surface area contributed by atoms with Gasteiger partial charge in [0.05, 0.1) is 0 Å². The van der Waals surface area contributed by atoms with E-state index in [9.17, 15) is 0 Å². The van der Waals surface area contributed by atoms with Crippen molar-refractivity contribution < 1.29 is 0 Å². The van der Waals surface area contributed by atoms with E-state index in [0.29, 0.717) is 6.04 Å². The fraction of sp³-hybridized carbons (Fsp3) is 0.600. The third-order valence-corrected chi connectivity index (χ3v) is 4.14. The molecule has 0 spiro atoms. The molecule has 0 saturated carbocycles. The molecule has 2 atom stereocenters. The minimum absolute atomic E-state index is 0.694. The van der Waals surface area contributed by atoms with E-state index in [0.717, 1.165) is 18.2 Å². The molecular weight excluding hydrogens is 208 g/mol. The second-order valence-electron chi connectivity index (χ2n) is 5.58. The van der Waals surface area contributed by atoms with Gasteiger partial charge in [0.1, 0.15) is 0 Å². The van der Waals surface area contributed by atoms with Gasteiger partial charge in [0, 0.05) is 18.3 Å². The highest BCUT2D eigenvalue weighted by molar-refractivity contribution is 5.49. The van der Waals surface area contributed by atoms with E-state index in [-0.39, 0.29) is 0 Å². The van der Waals surface area contributed by atoms with Crippen LogP contribution in [0.15, 0.2) is 18.2 Å². The van der Waals surface area contributed by atoms with Gasteiger partial charge in [-0.05, 0) is 56.3 Å². The molecule has 1 saturated heterocycles. The van der Waals surface area contributed by atoms with Crippen LogP contribution in [0.5, 0.6) is 0 Å². The van der Waals surface area contributed by atoms with Crippen LogP contribution in [-0.4, -0.2) is 17.5 Å². The molecule has 2 rings (SSSR count). The van der Waals surface area contributed by atoms with Crippen LogP contribution >= 0.6 is 0 Å². The first-order valence-corrected chi connectivity index (χ1v) is 6.66. The number of piperidine rings is 1. The predicted octanol–water partition coefficient (Wildman–Crippen LogP) is 3.20. The molecule has 0 aromatic heterocycles. The second kappa shape index (κ2) is 5.09. The lowest BCUT2D eigenvalue weighted by Crippen LogP contribution is -2.39. The monoisotopic (exact) mass is 232 g/mol. The Labute approximate surface area is 105 Å². The lowest BCUT2D eigenvalue weighted by Gasteiger charge is -2.36. The summed E-state index contributed by atoms with van der Waals surface area (Å²) in [5, 5.41) is 0. The fourth-order valence-corrected chi connectivity index (χ4v) is 2.78. The smallest absolute Gasteiger partial charge is 0.0346 e. The van der Waals surface area contributed by atoms with Crippen molar-refractivity contribution in [2.24, 2.45) is 5.92 Å². The average molecular weight is 232 g/mol. The summed E-state index contributed by atoms with van der Waals surface area (Å²) in [4.78, 5) is 2.59. The number of anilines is 1. The Balaban J connectivity index is 2.08. The predicted molar refractivity (Wildman–Crippen MR) is 73.9 cm³/mol. The maximum absolute atomic E-state index is 5.96. The molecule has 17 heavy (non-hydrogen) atoms. The molecule has 0 bridgehead atoms. The minimum atomic E-state index is 0.694. The van der Waals surface area contributed by atoms with Crippen LogP contribution in [-0.2, 0) is 6.54 Å². The molecule has 2 nitrogen and oxygen atoms in total. The minimum Gasteiger partial charge on any atom is -0.399 e. The zero-order chi connectivity index (χ0) is 12.4. The third-order valence-electron chi connectivity index (χ3n) is 4.14. The average Bonchev–Trinajstić information content (AvgIpc) is 2.28. The van der Waals surface area contributed by atoms with E-state index in [4.69, 9.17) is 5.73 Å². The number of likely N-dealkylation sites (tertiary alicyclic amines) is 1. The van der Waals surface area contributed by atoms with Crippen molar-refractivity contribution in [2.45, 2.75) is 46.2 Å². The zero-order valence-corrected chi connectivity index (χ0v) is 11.2. The SMILES string of the molecule is Cc1c(N)cccc1CN1CCC(C)CC1C. The molecule has 0 radical (unpaired) electrons. The summed E-state index contributed by atoms with van der Waals surface area (Å²) < 4.78 is 0. The highest BCUT2D eigenvalue weighted by Crippen LogP contribution is 2.25. The maximum Gasteiger partial charge on any atom is 0.0346 e. The van der Waals surface area contributed by atoms with Gasteiger partial charge in [0.25, 0.3) is 0 Å². The second-order valence-corrected chi connectivity index (χ2v) is 5.58. The van der Waals surface area contributed by atoms with Crippen molar-refractivity contribution in [1.29, 1.82) is 0 Å². The summed E-state index contributed by atoms with van der Waals surface area (Å²) in [5.74, 6) is 0.878. The maximum atomic E-state index is 5.96. The lowest BCUT2D eigenvalue weighted by atomic mass is 9.92. The third kappa shape index (κ3) is 2.81. The molecule has 1 aliphatic heterocycles. The number of nitrogens with two attached hydrogens (primary N) is 1. The largest absolute Gasteiger partial charge is 0.399 e. The normalized spacial score (nSPS) is 26.1. The first-order chi connectivity index (χ1) is 8.08. The number of rotatable bonds is 2. The van der Waals surface area contributed by atoms with Gasteiger partial charge in [-0.3, -0.25) is 4.90 Å². The van der Waals surface area contributed by atoms with E-state index in [1.807, 2.05) is 6.07 Å². The Kier molecular flexibility index (Phi) is 3.72. The quantitative estimate of drug-likeness (QED) is 0.793. The molecular formula is C15H24N2. The van der Waals surface area contributed by atoms with E-state index < -0.39 is 0 Å². The highest BCUT2D eigenvalue weighted by Gasteiger charge is 2.23. The Hall–Kier alpha value is -1.02. The summed E-state index contributed by atoms with van der Waals surface area (Å²) in [5.41, 5.74) is 9.51. The molecule has 1 fully saturated rings. The molecule has 1 aromatic carbocycles. The number of hydrogen-bond acceptors (Lipinski definition) is 2. The van der Waals surface area contributed by atoms with Crippen molar-refractivity contribution in [3.63, 3.8) is 0 Å². The number of benzene rings is 1. The van der Waals surface area contributed by atoms with Crippen molar-refractivity contribution in [1.82, 2.24) is 4.90 Å². The molecule has 94 valence electrons. The van der Waals surface area contributed by atoms with Crippen molar-refractivity contribution >= 4 is 5.69 Å². The van der Waals surface area contributed by atoms with Crippen LogP contribution in [0.4, 0.5) is 5.69 Å². The van der Waals surface area contributed by atoms with E-state index in [2.05, 4.69) is 37.8 Å². The van der Waals surface area contributed by atoms with Crippen LogP contribution in [0.1, 0.15) is 37.8 Å². The summed E-state index contributed by atoms with van der Waals surface area (Å²) in [6.45, 7) is 9.10. The Bertz CT molecular complexity index is 387. The van der Waals surface area contributed by atoms with Gasteiger partial charge >= 0.3 is 0 Å². The van der Waals surface area contributed by atoms with Gasteiger partial charge in [-0.1, -0.05) is 19.1 Å². The Morgan fingerprint density at radius 1 is 1.35 bits per heavy atom. The van der Waals surface area contributed by atoms with Gasteiger partial charge in [-0.25, -0.2) is 0 Å². The van der Waals surface area contributed by atoms with E-state index in [1.54, 1.807) is 0 Å². The molecule has 1 aromatic rings. The molecule has 2 unspecified atom stereocenters. The van der Waals surface area contributed by atoms with Gasteiger partial charge < -0.3 is 5.73 Å². The summed E-state index contributed by atoms with van der Waals surface area (Å²) in [6, 6.07) is 6.95. The van der Waals surface area contributed by atoms with Crippen LogP contribution < -0.4 is 5.73 Å². The molecule has 1 heterocycles. The fourth-order valence-electron chi connectivity index (χ4n) is 2.78. The standard InChI is InChI=1S/C15H24N2/c1-11-7-8-17(12(2)9-11)10-14-5-4-6-15(16)13(14)3/h4-6,11-12H,7-10,16H2,1-3H3. The summed E-state index contributed by atoms with van der Waals surface area (Å²) in [6.07, 6.45) is 2.65. The first kappa shape index (κ1) is 12.4. The molecule has 2 heteroatoms. The van der Waals surface area contributed by atoms with Crippen LogP contribution in [0.3, 0.4) is 0 Å². The van der Waals surface area contributed by atoms with Gasteiger partial charge in [0.2, 0.25) is 0 Å². The van der Waals surface area contributed by atoms with Crippen LogP contribution in [0.25, 0.3) is 0 Å². The van der Waals surface area contributed by atoms with Gasteiger partial charge in [-0.2, -0.15) is 0 Å². The highest BCUT2D eigenvalue weighted by atomic mass is 15.2. The summed E-state index contributed by atoms with van der Waals surface area (Å²) >= 11 is 0. The van der Waals surface area contributed by atoms with Crippen LogP contribution in [0, 0.1) is 12.8 Å².